The lowest BCUT2D eigenvalue weighted by molar-refractivity contribution is -0.119. The van der Waals surface area contributed by atoms with Crippen molar-refractivity contribution < 1.29 is 17.6 Å². The fourth-order valence-electron chi connectivity index (χ4n) is 2.51. The molecule has 0 aromatic heterocycles. The quantitative estimate of drug-likeness (QED) is 0.785. The Labute approximate surface area is 159 Å². The summed E-state index contributed by atoms with van der Waals surface area (Å²) in [7, 11) is -1.04. The number of benzene rings is 2. The molecule has 2 aromatic rings. The second-order valence-electron chi connectivity index (χ2n) is 6.49. The lowest BCUT2D eigenvalue weighted by Gasteiger charge is -2.28. The van der Waals surface area contributed by atoms with Crippen LogP contribution in [0.25, 0.3) is 0 Å². The summed E-state index contributed by atoms with van der Waals surface area (Å²) in [5.74, 6) is -0.875. The van der Waals surface area contributed by atoms with Gasteiger partial charge in [0.25, 0.3) is 0 Å². The highest BCUT2D eigenvalue weighted by molar-refractivity contribution is 7.90. The molecule has 6 nitrogen and oxygen atoms in total. The van der Waals surface area contributed by atoms with Crippen molar-refractivity contribution in [2.45, 2.75) is 20.4 Å². The van der Waals surface area contributed by atoms with Gasteiger partial charge in [0.05, 0.1) is 5.69 Å². The SMILES string of the molecule is Cc1ccc(C)c(N(CC(=O)NCc2cccc(F)c2)S(=O)(=O)N(C)C)c1. The number of hydrogen-bond donors (Lipinski definition) is 1. The molecule has 0 unspecified atom stereocenters. The first-order chi connectivity index (χ1) is 12.6. The minimum Gasteiger partial charge on any atom is -0.350 e. The Balaban J connectivity index is 2.24. The van der Waals surface area contributed by atoms with Crippen molar-refractivity contribution in [3.63, 3.8) is 0 Å². The van der Waals surface area contributed by atoms with Gasteiger partial charge in [0.1, 0.15) is 12.4 Å². The maximum atomic E-state index is 13.2. The fraction of sp³-hybridized carbons (Fsp3) is 0.316. The van der Waals surface area contributed by atoms with Crippen molar-refractivity contribution in [1.29, 1.82) is 0 Å². The van der Waals surface area contributed by atoms with Crippen LogP contribution in [0.5, 0.6) is 0 Å². The first-order valence-electron chi connectivity index (χ1n) is 8.40. The third-order valence-electron chi connectivity index (χ3n) is 4.04. The van der Waals surface area contributed by atoms with Crippen LogP contribution in [0.1, 0.15) is 16.7 Å². The molecule has 0 saturated heterocycles. The third-order valence-corrected chi connectivity index (χ3v) is 5.84. The van der Waals surface area contributed by atoms with Gasteiger partial charge in [-0.25, -0.2) is 8.70 Å². The number of rotatable bonds is 7. The van der Waals surface area contributed by atoms with Crippen LogP contribution in [0.4, 0.5) is 10.1 Å². The minimum absolute atomic E-state index is 0.110. The Morgan fingerprint density at radius 1 is 1.11 bits per heavy atom. The van der Waals surface area contributed by atoms with E-state index in [-0.39, 0.29) is 13.1 Å². The zero-order valence-electron chi connectivity index (χ0n) is 15.9. The van der Waals surface area contributed by atoms with Crippen LogP contribution in [0.3, 0.4) is 0 Å². The van der Waals surface area contributed by atoms with Crippen molar-refractivity contribution in [1.82, 2.24) is 9.62 Å². The molecule has 8 heteroatoms. The molecule has 0 aliphatic carbocycles. The predicted molar refractivity (Wildman–Crippen MR) is 104 cm³/mol. The summed E-state index contributed by atoms with van der Waals surface area (Å²) in [5.41, 5.74) is 2.67. The Morgan fingerprint density at radius 3 is 2.44 bits per heavy atom. The number of aryl methyl sites for hydroxylation is 2. The summed E-state index contributed by atoms with van der Waals surface area (Å²) in [5, 5.41) is 2.64. The van der Waals surface area contributed by atoms with E-state index >= 15 is 0 Å². The number of hydrogen-bond acceptors (Lipinski definition) is 3. The lowest BCUT2D eigenvalue weighted by atomic mass is 10.1. The number of nitrogens with one attached hydrogen (secondary N) is 1. The number of amides is 1. The van der Waals surface area contributed by atoms with Crippen molar-refractivity contribution >= 4 is 21.8 Å². The van der Waals surface area contributed by atoms with Gasteiger partial charge in [-0.15, -0.1) is 0 Å². The van der Waals surface area contributed by atoms with Gasteiger partial charge in [0.15, 0.2) is 0 Å². The monoisotopic (exact) mass is 393 g/mol. The largest absolute Gasteiger partial charge is 0.350 e. The Morgan fingerprint density at radius 2 is 1.81 bits per heavy atom. The smallest absolute Gasteiger partial charge is 0.304 e. The molecule has 0 aliphatic heterocycles. The normalized spacial score (nSPS) is 11.5. The van der Waals surface area contributed by atoms with E-state index in [0.29, 0.717) is 11.3 Å². The first-order valence-corrected chi connectivity index (χ1v) is 9.79. The molecule has 146 valence electrons. The highest BCUT2D eigenvalue weighted by Crippen LogP contribution is 2.25. The first kappa shape index (κ1) is 20.9. The van der Waals surface area contributed by atoms with E-state index in [4.69, 9.17) is 0 Å². The van der Waals surface area contributed by atoms with Crippen LogP contribution in [0.2, 0.25) is 0 Å². The van der Waals surface area contributed by atoms with Crippen LogP contribution < -0.4 is 9.62 Å². The predicted octanol–water partition coefficient (Wildman–Crippen LogP) is 2.37. The second-order valence-corrected chi connectivity index (χ2v) is 8.56. The molecule has 2 rings (SSSR count). The van der Waals surface area contributed by atoms with Crippen molar-refractivity contribution in [2.24, 2.45) is 0 Å². The zero-order valence-corrected chi connectivity index (χ0v) is 16.7. The molecule has 0 bridgehead atoms. The zero-order chi connectivity index (χ0) is 20.2. The van der Waals surface area contributed by atoms with Crippen LogP contribution >= 0.6 is 0 Å². The maximum absolute atomic E-state index is 13.2. The number of halogens is 1. The van der Waals surface area contributed by atoms with E-state index in [1.54, 1.807) is 25.1 Å². The van der Waals surface area contributed by atoms with Crippen LogP contribution in [0.15, 0.2) is 42.5 Å². The maximum Gasteiger partial charge on any atom is 0.304 e. The Bertz CT molecular complexity index is 930. The second kappa shape index (κ2) is 8.49. The van der Waals surface area contributed by atoms with Crippen molar-refractivity contribution in [3.05, 3.63) is 65.0 Å². The van der Waals surface area contributed by atoms with Gasteiger partial charge in [0.2, 0.25) is 5.91 Å². The summed E-state index contributed by atoms with van der Waals surface area (Å²) < 4.78 is 40.9. The summed E-state index contributed by atoms with van der Waals surface area (Å²) in [6, 6.07) is 11.3. The van der Waals surface area contributed by atoms with Gasteiger partial charge in [-0.1, -0.05) is 24.3 Å². The number of carbonyl (C=O) groups is 1. The van der Waals surface area contributed by atoms with Crippen LogP contribution in [-0.4, -0.2) is 39.3 Å². The highest BCUT2D eigenvalue weighted by atomic mass is 32.2. The van der Waals surface area contributed by atoms with E-state index in [1.165, 1.54) is 26.2 Å². The average Bonchev–Trinajstić information content (AvgIpc) is 2.60. The standard InChI is InChI=1S/C19H24FN3O3S/c1-14-8-9-15(2)18(10-14)23(27(25,26)22(3)4)13-19(24)21-12-16-6-5-7-17(20)11-16/h5-11H,12-13H2,1-4H3,(H,21,24). The van der Waals surface area contributed by atoms with E-state index in [1.807, 2.05) is 19.1 Å². The van der Waals surface area contributed by atoms with Gasteiger partial charge < -0.3 is 5.32 Å². The van der Waals surface area contributed by atoms with Gasteiger partial charge in [-0.3, -0.25) is 4.79 Å². The average molecular weight is 393 g/mol. The molecule has 0 saturated carbocycles. The molecule has 1 N–H and O–H groups in total. The van der Waals surface area contributed by atoms with Gasteiger partial charge in [-0.05, 0) is 48.7 Å². The van der Waals surface area contributed by atoms with E-state index in [2.05, 4.69) is 5.32 Å². The molecule has 0 atom stereocenters. The molecule has 27 heavy (non-hydrogen) atoms. The topological polar surface area (TPSA) is 69.7 Å². The van der Waals surface area contributed by atoms with E-state index < -0.39 is 21.9 Å². The fourth-order valence-corrected chi connectivity index (χ4v) is 3.63. The molecule has 0 radical (unpaired) electrons. The Hall–Kier alpha value is -2.45. The molecule has 0 fully saturated rings. The van der Waals surface area contributed by atoms with Gasteiger partial charge in [0, 0.05) is 20.6 Å². The van der Waals surface area contributed by atoms with E-state index in [0.717, 1.165) is 19.7 Å². The third kappa shape index (κ3) is 5.27. The number of carbonyl (C=O) groups excluding carboxylic acids is 1. The van der Waals surface area contributed by atoms with Gasteiger partial charge in [-0.2, -0.15) is 12.7 Å². The van der Waals surface area contributed by atoms with Crippen molar-refractivity contribution in [3.8, 4) is 0 Å². The van der Waals surface area contributed by atoms with Gasteiger partial charge >= 0.3 is 10.2 Å². The molecule has 1 amide bonds. The molecular weight excluding hydrogens is 369 g/mol. The lowest BCUT2D eigenvalue weighted by Crippen LogP contribution is -2.46. The molecule has 2 aromatic carbocycles. The molecule has 0 aliphatic rings. The summed E-state index contributed by atoms with van der Waals surface area (Å²) in [4.78, 5) is 12.4. The summed E-state index contributed by atoms with van der Waals surface area (Å²) in [6.45, 7) is 3.38. The molecular formula is C19H24FN3O3S. The molecule has 0 heterocycles. The highest BCUT2D eigenvalue weighted by Gasteiger charge is 2.28. The van der Waals surface area contributed by atoms with E-state index in [9.17, 15) is 17.6 Å². The van der Waals surface area contributed by atoms with Crippen molar-refractivity contribution in [2.75, 3.05) is 24.9 Å². The van der Waals surface area contributed by atoms with Crippen LogP contribution in [0, 0.1) is 19.7 Å². The number of nitrogens with zero attached hydrogens (tertiary/aromatic N) is 2. The van der Waals surface area contributed by atoms with Crippen LogP contribution in [-0.2, 0) is 21.5 Å². The summed E-state index contributed by atoms with van der Waals surface area (Å²) in [6.07, 6.45) is 0. The minimum atomic E-state index is -3.87. The molecule has 0 spiro atoms. The Kier molecular flexibility index (Phi) is 6.56. The number of anilines is 1. The summed E-state index contributed by atoms with van der Waals surface area (Å²) >= 11 is 0.